The molecule has 0 atom stereocenters. The molecule has 3 rings (SSSR count). The fourth-order valence-electron chi connectivity index (χ4n) is 3.20. The van der Waals surface area contributed by atoms with E-state index in [1.807, 2.05) is 18.5 Å². The Labute approximate surface area is 179 Å². The molecule has 6 nitrogen and oxygen atoms in total. The molecule has 0 aliphatic heterocycles. The van der Waals surface area contributed by atoms with Gasteiger partial charge in [0.1, 0.15) is 0 Å². The normalized spacial score (nSPS) is 14.4. The number of alkyl halides is 3. The van der Waals surface area contributed by atoms with E-state index in [2.05, 4.69) is 31.4 Å². The van der Waals surface area contributed by atoms with Crippen LogP contribution in [0.3, 0.4) is 0 Å². The molecule has 0 saturated heterocycles. The molecule has 2 heterocycles. The second kappa shape index (κ2) is 8.67. The smallest absolute Gasteiger partial charge is 0.356 e. The second-order valence-electron chi connectivity index (χ2n) is 7.20. The van der Waals surface area contributed by atoms with E-state index in [-0.39, 0.29) is 29.8 Å². The summed E-state index contributed by atoms with van der Waals surface area (Å²) >= 11 is 9.41. The second-order valence-corrected chi connectivity index (χ2v) is 8.38. The highest BCUT2D eigenvalue weighted by Gasteiger charge is 2.42. The Morgan fingerprint density at radius 2 is 1.93 bits per heavy atom. The van der Waals surface area contributed by atoms with E-state index in [4.69, 9.17) is 11.6 Å². The monoisotopic (exact) mass is 495 g/mol. The molecule has 0 unspecified atom stereocenters. The molecule has 1 amide bonds. The first-order valence-corrected chi connectivity index (χ1v) is 10.6. The van der Waals surface area contributed by atoms with Crippen LogP contribution >= 0.6 is 27.5 Å². The largest absolute Gasteiger partial charge is 0.436 e. The summed E-state index contributed by atoms with van der Waals surface area (Å²) in [7, 11) is 0. The number of aryl methyl sites for hydroxylation is 3. The van der Waals surface area contributed by atoms with Gasteiger partial charge >= 0.3 is 6.18 Å². The number of amides is 1. The van der Waals surface area contributed by atoms with E-state index in [0.29, 0.717) is 25.2 Å². The summed E-state index contributed by atoms with van der Waals surface area (Å²) in [6, 6.07) is 0. The number of aromatic nitrogens is 4. The number of hydrogen-bond acceptors (Lipinski definition) is 3. The summed E-state index contributed by atoms with van der Waals surface area (Å²) < 4.78 is 43.3. The number of nitrogens with zero attached hydrogens (tertiary/aromatic N) is 4. The highest BCUT2D eigenvalue weighted by molar-refractivity contribution is 9.10. The van der Waals surface area contributed by atoms with Crippen molar-refractivity contribution in [1.29, 1.82) is 0 Å². The van der Waals surface area contributed by atoms with Crippen LogP contribution in [-0.2, 0) is 24.1 Å². The molecule has 0 aromatic carbocycles. The van der Waals surface area contributed by atoms with E-state index in [1.165, 1.54) is 4.68 Å². The van der Waals surface area contributed by atoms with Gasteiger partial charge in [-0.1, -0.05) is 11.6 Å². The van der Waals surface area contributed by atoms with Crippen LogP contribution in [0.2, 0.25) is 5.02 Å². The molecule has 1 N–H and O–H groups in total. The lowest BCUT2D eigenvalue weighted by Crippen LogP contribution is -2.26. The van der Waals surface area contributed by atoms with Crippen LogP contribution in [0.25, 0.3) is 0 Å². The fraction of sp³-hybridized carbons (Fsp3) is 0.611. The molecule has 1 saturated carbocycles. The van der Waals surface area contributed by atoms with Gasteiger partial charge in [-0.3, -0.25) is 14.2 Å². The minimum atomic E-state index is -4.60. The quantitative estimate of drug-likeness (QED) is 0.543. The van der Waals surface area contributed by atoms with E-state index in [9.17, 15) is 18.0 Å². The van der Waals surface area contributed by atoms with Crippen LogP contribution in [0.4, 0.5) is 13.2 Å². The van der Waals surface area contributed by atoms with Crippen molar-refractivity contribution in [3.63, 3.8) is 0 Å². The Bertz CT molecular complexity index is 904. The van der Waals surface area contributed by atoms with Crippen LogP contribution in [-0.4, -0.2) is 32.0 Å². The Kier molecular flexibility index (Phi) is 6.62. The fourth-order valence-corrected chi connectivity index (χ4v) is 3.88. The zero-order chi connectivity index (χ0) is 21.3. The van der Waals surface area contributed by atoms with Crippen molar-refractivity contribution >= 4 is 33.4 Å². The number of carbonyl (C=O) groups is 1. The Morgan fingerprint density at radius 3 is 2.48 bits per heavy atom. The lowest BCUT2D eigenvalue weighted by molar-refractivity contribution is -0.141. The first kappa shape index (κ1) is 22.1. The number of rotatable bonds is 8. The number of hydrogen-bond donors (Lipinski definition) is 1. The molecule has 0 radical (unpaired) electrons. The zero-order valence-corrected chi connectivity index (χ0v) is 18.5. The topological polar surface area (TPSA) is 64.7 Å². The summed E-state index contributed by atoms with van der Waals surface area (Å²) in [5, 5.41) is 10.5. The summed E-state index contributed by atoms with van der Waals surface area (Å²) in [4.78, 5) is 12.1. The highest BCUT2D eigenvalue weighted by atomic mass is 79.9. The van der Waals surface area contributed by atoms with Crippen molar-refractivity contribution in [1.82, 2.24) is 24.9 Å². The van der Waals surface area contributed by atoms with Crippen molar-refractivity contribution < 1.29 is 18.0 Å². The summed E-state index contributed by atoms with van der Waals surface area (Å²) in [6.45, 7) is 5.06. The minimum absolute atomic E-state index is 0.00532. The molecule has 11 heteroatoms. The van der Waals surface area contributed by atoms with E-state index in [0.717, 1.165) is 28.7 Å². The number of halogens is 5. The molecule has 2 aromatic heterocycles. The maximum atomic E-state index is 13.1. The van der Waals surface area contributed by atoms with Crippen molar-refractivity contribution in [3.8, 4) is 0 Å². The van der Waals surface area contributed by atoms with Crippen molar-refractivity contribution in [2.75, 3.05) is 6.54 Å². The summed E-state index contributed by atoms with van der Waals surface area (Å²) in [5.74, 6) is -0.240. The molecule has 0 spiro atoms. The first-order chi connectivity index (χ1) is 13.6. The molecule has 2 aromatic rings. The predicted molar refractivity (Wildman–Crippen MR) is 106 cm³/mol. The maximum absolute atomic E-state index is 13.1. The molecular weight excluding hydrogens is 475 g/mol. The third kappa shape index (κ3) is 5.14. The lowest BCUT2D eigenvalue weighted by Gasteiger charge is -2.09. The number of carbonyl (C=O) groups excluding carboxylic acids is 1. The maximum Gasteiger partial charge on any atom is 0.436 e. The zero-order valence-electron chi connectivity index (χ0n) is 16.1. The average Bonchev–Trinajstić information content (AvgIpc) is 3.37. The highest BCUT2D eigenvalue weighted by Crippen LogP contribution is 2.46. The van der Waals surface area contributed by atoms with Crippen LogP contribution in [0.1, 0.15) is 54.4 Å². The van der Waals surface area contributed by atoms with Gasteiger partial charge in [-0.2, -0.15) is 23.4 Å². The summed E-state index contributed by atoms with van der Waals surface area (Å²) in [5.41, 5.74) is 1.26. The van der Waals surface area contributed by atoms with Crippen molar-refractivity contribution in [3.05, 3.63) is 32.3 Å². The van der Waals surface area contributed by atoms with Gasteiger partial charge in [-0.05, 0) is 49.0 Å². The van der Waals surface area contributed by atoms with Crippen LogP contribution in [0.5, 0.6) is 0 Å². The Morgan fingerprint density at radius 1 is 1.24 bits per heavy atom. The van der Waals surface area contributed by atoms with Crippen molar-refractivity contribution in [2.24, 2.45) is 0 Å². The third-order valence-electron chi connectivity index (χ3n) is 4.88. The predicted octanol–water partition coefficient (Wildman–Crippen LogP) is 4.61. The van der Waals surface area contributed by atoms with Gasteiger partial charge in [0.05, 0.1) is 27.4 Å². The van der Waals surface area contributed by atoms with Crippen LogP contribution in [0, 0.1) is 13.8 Å². The lowest BCUT2D eigenvalue weighted by atomic mass is 10.2. The van der Waals surface area contributed by atoms with Crippen LogP contribution < -0.4 is 5.32 Å². The molecule has 1 aliphatic rings. The van der Waals surface area contributed by atoms with E-state index >= 15 is 0 Å². The molecular formula is C18H22BrClF3N5O. The van der Waals surface area contributed by atoms with Gasteiger partial charge < -0.3 is 5.32 Å². The van der Waals surface area contributed by atoms with Crippen molar-refractivity contribution in [2.45, 2.75) is 64.7 Å². The summed E-state index contributed by atoms with van der Waals surface area (Å²) in [6.07, 6.45) is -2.29. The van der Waals surface area contributed by atoms with Crippen LogP contribution in [0.15, 0.2) is 4.47 Å². The van der Waals surface area contributed by atoms with Gasteiger partial charge in [0.25, 0.3) is 0 Å². The third-order valence-corrected chi connectivity index (χ3v) is 6.40. The average molecular weight is 497 g/mol. The molecule has 1 fully saturated rings. The van der Waals surface area contributed by atoms with E-state index < -0.39 is 11.9 Å². The molecule has 29 heavy (non-hydrogen) atoms. The van der Waals surface area contributed by atoms with E-state index in [1.54, 1.807) is 0 Å². The molecule has 1 aliphatic carbocycles. The van der Waals surface area contributed by atoms with Gasteiger partial charge in [-0.25, -0.2) is 0 Å². The van der Waals surface area contributed by atoms with Gasteiger partial charge in [0, 0.05) is 31.1 Å². The first-order valence-electron chi connectivity index (χ1n) is 9.39. The minimum Gasteiger partial charge on any atom is -0.356 e. The number of nitrogens with one attached hydrogen (secondary N) is 1. The Balaban J connectivity index is 1.50. The molecule has 0 bridgehead atoms. The van der Waals surface area contributed by atoms with Gasteiger partial charge in [0.2, 0.25) is 5.91 Å². The standard InChI is InChI=1S/C18H22BrClF3N5O/c1-10-14(19)11(2)27(25-10)8-3-7-24-13(29)6-9-28-16(12-4-5-12)15(20)17(26-28)18(21,22)23/h12H,3-9H2,1-2H3,(H,24,29). The SMILES string of the molecule is Cc1nn(CCCNC(=O)CCn2nc(C(F)(F)F)c(Cl)c2C2CC2)c(C)c1Br. The van der Waals surface area contributed by atoms with Gasteiger partial charge in [-0.15, -0.1) is 0 Å². The molecule has 160 valence electrons. The van der Waals surface area contributed by atoms with Gasteiger partial charge in [0.15, 0.2) is 5.69 Å². The Hall–Kier alpha value is -1.55.